The Bertz CT molecular complexity index is 2090. The van der Waals surface area contributed by atoms with E-state index in [1.807, 2.05) is 0 Å². The molecule has 0 amide bonds. The molecule has 2 fully saturated rings. The van der Waals surface area contributed by atoms with E-state index in [0.717, 1.165) is 12.7 Å². The fraction of sp³-hybridized carbons (Fsp3) is 0.524. The first-order valence-electron chi connectivity index (χ1n) is 14.7. The number of anilines is 2. The third-order valence-corrected chi connectivity index (χ3v) is 18.5. The van der Waals surface area contributed by atoms with Crippen molar-refractivity contribution in [2.45, 2.75) is 53.9 Å². The van der Waals surface area contributed by atoms with Crippen molar-refractivity contribution in [2.24, 2.45) is 0 Å². The van der Waals surface area contributed by atoms with Gasteiger partial charge in [-0.25, -0.2) is 43.1 Å². The van der Waals surface area contributed by atoms with Crippen molar-refractivity contribution in [1.82, 2.24) is 39.0 Å². The molecule has 0 aliphatic carbocycles. The van der Waals surface area contributed by atoms with Crippen molar-refractivity contribution >= 4 is 98.3 Å². The molecule has 13 unspecified atom stereocenters. The minimum Gasteiger partial charge on any atom is -0.387 e. The molecule has 33 heteroatoms. The average molecular weight is 901 g/mol. The third kappa shape index (κ3) is 8.40. The molecule has 0 bridgehead atoms. The third-order valence-electron chi connectivity index (χ3n) is 7.78. The first-order chi connectivity index (χ1) is 25.1. The van der Waals surface area contributed by atoms with Crippen LogP contribution in [0.4, 0.5) is 11.6 Å². The number of rotatable bonds is 14. The molecule has 2 aliphatic rings. The zero-order valence-electron chi connectivity index (χ0n) is 26.5. The summed E-state index contributed by atoms with van der Waals surface area (Å²) in [4.78, 5) is 52.0. The Morgan fingerprint density at radius 2 is 1.19 bits per heavy atom. The smallest absolute Gasteiger partial charge is 0.387 e. The molecule has 298 valence electrons. The van der Waals surface area contributed by atoms with Crippen molar-refractivity contribution in [3.63, 3.8) is 0 Å². The Morgan fingerprint density at radius 1 is 0.759 bits per heavy atom. The highest BCUT2D eigenvalue weighted by molar-refractivity contribution is 8.45. The molecule has 6 heterocycles. The Balaban J connectivity index is 1.04. The molecule has 26 nitrogen and oxygen atoms in total. The molecule has 0 radical (unpaired) electrons. The van der Waals surface area contributed by atoms with E-state index < -0.39 is 95.9 Å². The van der Waals surface area contributed by atoms with Crippen LogP contribution in [-0.2, 0) is 52.6 Å². The number of aliphatic hydroxyl groups is 4. The number of imidazole rings is 2. The molecule has 2 saturated heterocycles. The molecular formula is C21H29ClN10O16P4S2. The van der Waals surface area contributed by atoms with E-state index in [1.54, 1.807) is 0 Å². The van der Waals surface area contributed by atoms with Gasteiger partial charge in [-0.15, -0.1) is 0 Å². The number of nitrogens with two attached hydrogens (primary N) is 2. The Morgan fingerprint density at radius 3 is 1.65 bits per heavy atom. The zero-order chi connectivity index (χ0) is 39.5. The van der Waals surface area contributed by atoms with E-state index in [4.69, 9.17) is 53.4 Å². The molecule has 4 aromatic rings. The largest absolute Gasteiger partial charge is 0.393 e. The van der Waals surface area contributed by atoms with Gasteiger partial charge in [0, 0.05) is 0 Å². The summed E-state index contributed by atoms with van der Waals surface area (Å²) in [6.45, 7) is -11.7. The van der Waals surface area contributed by atoms with Crippen LogP contribution in [0, 0.1) is 0 Å². The molecule has 6 rings (SSSR count). The maximum atomic E-state index is 12.9. The predicted octanol–water partition coefficient (Wildman–Crippen LogP) is -0.717. The molecule has 54 heavy (non-hydrogen) atoms. The summed E-state index contributed by atoms with van der Waals surface area (Å²) >= 11 is 14.1. The van der Waals surface area contributed by atoms with Crippen LogP contribution < -0.4 is 11.5 Å². The first-order valence-corrected chi connectivity index (χ1v) is 23.7. The van der Waals surface area contributed by atoms with E-state index in [1.165, 1.54) is 21.8 Å². The molecule has 2 aliphatic heterocycles. The number of nitrogen functional groups attached to an aromatic ring is 2. The number of alkyl halides is 1. The van der Waals surface area contributed by atoms with Gasteiger partial charge in [-0.05, 0) is 11.8 Å². The van der Waals surface area contributed by atoms with Gasteiger partial charge in [-0.3, -0.25) is 22.8 Å². The molecule has 0 saturated carbocycles. The molecule has 0 spiro atoms. The number of halogens is 1. The summed E-state index contributed by atoms with van der Waals surface area (Å²) in [5.41, 5.74) is 12.1. The lowest BCUT2D eigenvalue weighted by atomic mass is 10.1. The van der Waals surface area contributed by atoms with E-state index in [9.17, 15) is 48.8 Å². The minimum atomic E-state index is -5.75. The van der Waals surface area contributed by atoms with E-state index in [0.29, 0.717) is 0 Å². The lowest BCUT2D eigenvalue weighted by Gasteiger charge is -2.26. The van der Waals surface area contributed by atoms with E-state index in [-0.39, 0.29) is 34.0 Å². The van der Waals surface area contributed by atoms with Crippen LogP contribution in [0.2, 0.25) is 0 Å². The van der Waals surface area contributed by atoms with E-state index in [2.05, 4.69) is 50.8 Å². The van der Waals surface area contributed by atoms with Gasteiger partial charge in [0.1, 0.15) is 60.3 Å². The topological polar surface area (TPSA) is 387 Å². The van der Waals surface area contributed by atoms with Crippen molar-refractivity contribution in [3.05, 3.63) is 25.3 Å². The lowest BCUT2D eigenvalue weighted by Crippen LogP contribution is -2.33. The van der Waals surface area contributed by atoms with Crippen LogP contribution in [0.25, 0.3) is 22.3 Å². The maximum absolute atomic E-state index is 12.9. The summed E-state index contributed by atoms with van der Waals surface area (Å²) in [6.07, 6.45) is -7.57. The summed E-state index contributed by atoms with van der Waals surface area (Å²) < 4.78 is 71.5. The number of thiol groups is 1. The SMILES string of the molecule is Nc1ncnc2c1ncn2C1OC(COP(=O)(S)OP(=O)(O)C(Cl)P(=O)(O)OP(O)(=S)OCC2OC(n3cnc4c(N)ncnc43)C(O)C2O)C(O)C1O. The monoisotopic (exact) mass is 900 g/mol. The molecular weight excluding hydrogens is 872 g/mol. The second kappa shape index (κ2) is 15.5. The molecule has 11 N–H and O–H groups in total. The zero-order valence-corrected chi connectivity index (χ0v) is 32.5. The summed E-state index contributed by atoms with van der Waals surface area (Å²) in [5, 5.41) is 42.3. The van der Waals surface area contributed by atoms with Crippen molar-refractivity contribution in [1.29, 1.82) is 0 Å². The predicted molar refractivity (Wildman–Crippen MR) is 188 cm³/mol. The molecule has 13 atom stereocenters. The first kappa shape index (κ1) is 41.8. The Labute approximate surface area is 316 Å². The number of ether oxygens (including phenoxy) is 2. The van der Waals surface area contributed by atoms with Gasteiger partial charge in [0.2, 0.25) is 4.86 Å². The number of nitrogens with zero attached hydrogens (tertiary/aromatic N) is 8. The maximum Gasteiger partial charge on any atom is 0.393 e. The average Bonchev–Trinajstić information content (AvgIpc) is 3.84. The van der Waals surface area contributed by atoms with Gasteiger partial charge in [0.15, 0.2) is 35.4 Å². The van der Waals surface area contributed by atoms with Crippen LogP contribution in [0.5, 0.6) is 0 Å². The fourth-order valence-electron chi connectivity index (χ4n) is 5.25. The van der Waals surface area contributed by atoms with Gasteiger partial charge in [0.05, 0.1) is 25.9 Å². The standard InChI is InChI=1S/C21H29ClN10O16P4S2/c22-21(49(37,38)47-51(41,53)43-1-7-11(33)13(35)19(45-7)31-5-29-9-15(23)25-3-27-17(9)31)50(39,40)48-52(42,54)44-2-8-12(34)14(36)20(46-8)32-6-30-10-16(24)26-4-28-18(10)32/h3-8,11-14,19-21,33-36H,1-2H2,(H,37,38)(H,39,40)(H,41,53)(H,42,54)(H2,23,25,27)(H2,24,26,28). The highest BCUT2D eigenvalue weighted by Gasteiger charge is 2.53. The van der Waals surface area contributed by atoms with Crippen LogP contribution in [0.3, 0.4) is 0 Å². The highest BCUT2D eigenvalue weighted by atomic mass is 35.5. The highest BCUT2D eigenvalue weighted by Crippen LogP contribution is 2.77. The number of fused-ring (bicyclic) bond motifs is 2. The van der Waals surface area contributed by atoms with Crippen LogP contribution in [-0.4, -0.2) is 129 Å². The number of aromatic nitrogens is 8. The summed E-state index contributed by atoms with van der Waals surface area (Å²) in [6, 6.07) is 0. The van der Waals surface area contributed by atoms with Gasteiger partial charge < -0.3 is 60.6 Å². The van der Waals surface area contributed by atoms with E-state index >= 15 is 0 Å². The second-order valence-electron chi connectivity index (χ2n) is 11.4. The summed E-state index contributed by atoms with van der Waals surface area (Å²) in [7, 11) is -11.5. The Kier molecular flexibility index (Phi) is 12.0. The second-order valence-corrected chi connectivity index (χ2v) is 22.7. The summed E-state index contributed by atoms with van der Waals surface area (Å²) in [5.74, 6) is 0.0439. The van der Waals surface area contributed by atoms with Gasteiger partial charge >= 0.3 is 28.7 Å². The van der Waals surface area contributed by atoms with Crippen LogP contribution in [0.15, 0.2) is 25.3 Å². The van der Waals surface area contributed by atoms with Gasteiger partial charge in [0.25, 0.3) is 0 Å². The van der Waals surface area contributed by atoms with Gasteiger partial charge in [-0.2, -0.15) is 0 Å². The van der Waals surface area contributed by atoms with Gasteiger partial charge in [-0.1, -0.05) is 23.8 Å². The van der Waals surface area contributed by atoms with Crippen LogP contribution in [0.1, 0.15) is 12.5 Å². The Hall–Kier alpha value is -1.84. The lowest BCUT2D eigenvalue weighted by molar-refractivity contribution is -0.0485. The number of hydrogen-bond acceptors (Lipinski definition) is 22. The number of hydrogen-bond donors (Lipinski definition) is 10. The van der Waals surface area contributed by atoms with Crippen LogP contribution >= 0.6 is 52.6 Å². The number of aliphatic hydroxyl groups excluding tert-OH is 4. The quantitative estimate of drug-likeness (QED) is 0.0424. The molecule has 0 aromatic carbocycles. The van der Waals surface area contributed by atoms with Crippen molar-refractivity contribution < 1.29 is 75.9 Å². The fourth-order valence-corrected chi connectivity index (χ4v) is 14.3. The minimum absolute atomic E-state index is 0.0206. The van der Waals surface area contributed by atoms with Crippen molar-refractivity contribution in [2.75, 3.05) is 24.7 Å². The molecule has 4 aromatic heterocycles. The van der Waals surface area contributed by atoms with Crippen molar-refractivity contribution in [3.8, 4) is 0 Å². The normalized spacial score (nSPS) is 31.2.